The van der Waals surface area contributed by atoms with Crippen molar-refractivity contribution >= 4 is 29.0 Å². The van der Waals surface area contributed by atoms with Gasteiger partial charge < -0.3 is 9.32 Å². The summed E-state index contributed by atoms with van der Waals surface area (Å²) in [6.45, 7) is 1.43. The highest BCUT2D eigenvalue weighted by atomic mass is 32.2. The molecule has 158 valence electrons. The van der Waals surface area contributed by atoms with Gasteiger partial charge in [-0.15, -0.1) is 21.5 Å². The summed E-state index contributed by atoms with van der Waals surface area (Å²) in [6.07, 6.45) is 3.71. The first-order chi connectivity index (χ1) is 15.3. The summed E-state index contributed by atoms with van der Waals surface area (Å²) >= 11 is 3.16. The average Bonchev–Trinajstić information content (AvgIpc) is 3.60. The van der Waals surface area contributed by atoms with Gasteiger partial charge in [0.05, 0.1) is 24.6 Å². The SMILES string of the molecule is O=C(CSc1nnc(-c2ccco2)n1Cc1ccccc1)N1CCC[C@H]1c1cccs1. The maximum atomic E-state index is 13.1. The first kappa shape index (κ1) is 20.1. The van der Waals surface area contributed by atoms with E-state index in [1.54, 1.807) is 17.6 Å². The Kier molecular flexibility index (Phi) is 5.90. The zero-order valence-electron chi connectivity index (χ0n) is 16.9. The fourth-order valence-electron chi connectivity index (χ4n) is 3.94. The zero-order chi connectivity index (χ0) is 21.0. The molecule has 1 aliphatic heterocycles. The van der Waals surface area contributed by atoms with E-state index in [1.807, 2.05) is 39.8 Å². The summed E-state index contributed by atoms with van der Waals surface area (Å²) in [5.74, 6) is 1.82. The molecule has 1 atom stereocenters. The highest BCUT2D eigenvalue weighted by molar-refractivity contribution is 7.99. The van der Waals surface area contributed by atoms with Gasteiger partial charge in [-0.1, -0.05) is 48.2 Å². The largest absolute Gasteiger partial charge is 0.461 e. The van der Waals surface area contributed by atoms with Gasteiger partial charge >= 0.3 is 0 Å². The summed E-state index contributed by atoms with van der Waals surface area (Å²) in [7, 11) is 0. The third kappa shape index (κ3) is 4.31. The summed E-state index contributed by atoms with van der Waals surface area (Å²) in [6, 6.07) is 18.3. The van der Waals surface area contributed by atoms with E-state index < -0.39 is 0 Å². The number of amides is 1. The molecular formula is C23H22N4O2S2. The molecule has 0 N–H and O–H groups in total. The predicted octanol–water partition coefficient (Wildman–Crippen LogP) is 5.10. The molecule has 0 spiro atoms. The van der Waals surface area contributed by atoms with E-state index in [0.29, 0.717) is 23.9 Å². The molecule has 3 aromatic heterocycles. The second kappa shape index (κ2) is 9.11. The van der Waals surface area contributed by atoms with E-state index in [9.17, 15) is 4.79 Å². The Morgan fingerprint density at radius 1 is 1.13 bits per heavy atom. The number of carbonyl (C=O) groups excluding carboxylic acids is 1. The Morgan fingerprint density at radius 2 is 2.03 bits per heavy atom. The molecule has 0 radical (unpaired) electrons. The van der Waals surface area contributed by atoms with Crippen molar-refractivity contribution in [3.05, 3.63) is 76.7 Å². The van der Waals surface area contributed by atoms with Crippen LogP contribution >= 0.6 is 23.1 Å². The van der Waals surface area contributed by atoms with Gasteiger partial charge in [0.1, 0.15) is 0 Å². The molecule has 0 bridgehead atoms. The minimum absolute atomic E-state index is 0.148. The number of likely N-dealkylation sites (tertiary alicyclic amines) is 1. The lowest BCUT2D eigenvalue weighted by molar-refractivity contribution is -0.129. The highest BCUT2D eigenvalue weighted by Gasteiger charge is 2.30. The lowest BCUT2D eigenvalue weighted by atomic mass is 10.2. The molecular weight excluding hydrogens is 428 g/mol. The Bertz CT molecular complexity index is 1120. The smallest absolute Gasteiger partial charge is 0.233 e. The molecule has 5 rings (SSSR count). The van der Waals surface area contributed by atoms with Gasteiger partial charge in [-0.25, -0.2) is 0 Å². The molecule has 1 fully saturated rings. The van der Waals surface area contributed by atoms with Crippen molar-refractivity contribution in [2.45, 2.75) is 30.6 Å². The molecule has 31 heavy (non-hydrogen) atoms. The molecule has 4 aromatic rings. The Morgan fingerprint density at radius 3 is 2.81 bits per heavy atom. The molecule has 1 aromatic carbocycles. The molecule has 4 heterocycles. The molecule has 0 saturated carbocycles. The summed E-state index contributed by atoms with van der Waals surface area (Å²) in [5.41, 5.74) is 1.14. The van der Waals surface area contributed by atoms with Crippen molar-refractivity contribution in [3.8, 4) is 11.6 Å². The van der Waals surface area contributed by atoms with E-state index in [4.69, 9.17) is 4.42 Å². The maximum absolute atomic E-state index is 13.1. The third-order valence-electron chi connectivity index (χ3n) is 5.41. The molecule has 1 saturated heterocycles. The van der Waals surface area contributed by atoms with Gasteiger partial charge in [0.25, 0.3) is 0 Å². The van der Waals surface area contributed by atoms with Crippen molar-refractivity contribution in [2.75, 3.05) is 12.3 Å². The van der Waals surface area contributed by atoms with Crippen LogP contribution in [-0.2, 0) is 11.3 Å². The van der Waals surface area contributed by atoms with Gasteiger partial charge in [-0.2, -0.15) is 0 Å². The Hall–Kier alpha value is -2.84. The van der Waals surface area contributed by atoms with Gasteiger partial charge in [0.15, 0.2) is 10.9 Å². The molecule has 1 amide bonds. The molecule has 0 unspecified atom stereocenters. The van der Waals surface area contributed by atoms with E-state index in [1.165, 1.54) is 16.6 Å². The van der Waals surface area contributed by atoms with Crippen molar-refractivity contribution in [1.82, 2.24) is 19.7 Å². The Labute approximate surface area is 188 Å². The van der Waals surface area contributed by atoms with Gasteiger partial charge in [-0.3, -0.25) is 9.36 Å². The summed E-state index contributed by atoms with van der Waals surface area (Å²) in [5, 5.41) is 11.5. The first-order valence-electron chi connectivity index (χ1n) is 10.3. The number of benzene rings is 1. The monoisotopic (exact) mass is 450 g/mol. The van der Waals surface area contributed by atoms with Gasteiger partial charge in [0.2, 0.25) is 11.7 Å². The normalized spacial score (nSPS) is 16.1. The van der Waals surface area contributed by atoms with Crippen LogP contribution in [0.5, 0.6) is 0 Å². The molecule has 8 heteroatoms. The predicted molar refractivity (Wildman–Crippen MR) is 122 cm³/mol. The van der Waals surface area contributed by atoms with E-state index >= 15 is 0 Å². The highest BCUT2D eigenvalue weighted by Crippen LogP contribution is 2.35. The first-order valence-corrected chi connectivity index (χ1v) is 12.1. The standard InChI is InChI=1S/C23H22N4O2S2/c28-21(26-12-4-9-18(26)20-11-6-14-30-20)16-31-23-25-24-22(19-10-5-13-29-19)27(23)15-17-7-2-1-3-8-17/h1-3,5-8,10-11,13-14,18H,4,9,12,15-16H2/t18-/m0/s1. The fraction of sp³-hybridized carbons (Fsp3) is 0.261. The zero-order valence-corrected chi connectivity index (χ0v) is 18.5. The van der Waals surface area contributed by atoms with Crippen LogP contribution in [0.4, 0.5) is 0 Å². The molecule has 6 nitrogen and oxygen atoms in total. The summed E-state index contributed by atoms with van der Waals surface area (Å²) < 4.78 is 7.59. The number of furan rings is 1. The number of hydrogen-bond acceptors (Lipinski definition) is 6. The number of thiophene rings is 1. The van der Waals surface area contributed by atoms with Gasteiger partial charge in [-0.05, 0) is 42.0 Å². The van der Waals surface area contributed by atoms with E-state index in [-0.39, 0.29) is 11.9 Å². The van der Waals surface area contributed by atoms with E-state index in [2.05, 4.69) is 39.8 Å². The number of thioether (sulfide) groups is 1. The molecule has 0 aliphatic carbocycles. The minimum atomic E-state index is 0.148. The average molecular weight is 451 g/mol. The maximum Gasteiger partial charge on any atom is 0.233 e. The second-order valence-electron chi connectivity index (χ2n) is 7.40. The number of rotatable bonds is 7. The minimum Gasteiger partial charge on any atom is -0.461 e. The lowest BCUT2D eigenvalue weighted by Crippen LogP contribution is -2.31. The van der Waals surface area contributed by atoms with Crippen LogP contribution in [0.2, 0.25) is 0 Å². The van der Waals surface area contributed by atoms with Crippen LogP contribution in [0.3, 0.4) is 0 Å². The van der Waals surface area contributed by atoms with Crippen LogP contribution < -0.4 is 0 Å². The lowest BCUT2D eigenvalue weighted by Gasteiger charge is -2.23. The van der Waals surface area contributed by atoms with Crippen LogP contribution in [0, 0.1) is 0 Å². The van der Waals surface area contributed by atoms with Crippen LogP contribution in [0.15, 0.2) is 75.8 Å². The van der Waals surface area contributed by atoms with Crippen molar-refractivity contribution < 1.29 is 9.21 Å². The van der Waals surface area contributed by atoms with Crippen LogP contribution in [-0.4, -0.2) is 37.9 Å². The Balaban J connectivity index is 1.35. The van der Waals surface area contributed by atoms with Crippen LogP contribution in [0.25, 0.3) is 11.6 Å². The van der Waals surface area contributed by atoms with Gasteiger partial charge in [0, 0.05) is 11.4 Å². The number of hydrogen-bond donors (Lipinski definition) is 0. The molecule has 1 aliphatic rings. The van der Waals surface area contributed by atoms with E-state index in [0.717, 1.165) is 30.1 Å². The summed E-state index contributed by atoms with van der Waals surface area (Å²) in [4.78, 5) is 16.3. The fourth-order valence-corrected chi connectivity index (χ4v) is 5.64. The van der Waals surface area contributed by atoms with Crippen molar-refractivity contribution in [3.63, 3.8) is 0 Å². The van der Waals surface area contributed by atoms with Crippen molar-refractivity contribution in [1.29, 1.82) is 0 Å². The van der Waals surface area contributed by atoms with Crippen LogP contribution in [0.1, 0.15) is 29.3 Å². The topological polar surface area (TPSA) is 64.2 Å². The van der Waals surface area contributed by atoms with Crippen molar-refractivity contribution in [2.24, 2.45) is 0 Å². The number of aromatic nitrogens is 3. The second-order valence-corrected chi connectivity index (χ2v) is 9.33. The quantitative estimate of drug-likeness (QED) is 0.366. The number of nitrogens with zero attached hydrogens (tertiary/aromatic N) is 4. The number of carbonyl (C=O) groups is 1. The third-order valence-corrected chi connectivity index (χ3v) is 7.34.